The molecule has 0 bridgehead atoms. The number of hydrogen-bond donors (Lipinski definition) is 1. The highest BCUT2D eigenvalue weighted by Gasteiger charge is 2.24. The number of aromatic nitrogens is 1. The van der Waals surface area contributed by atoms with E-state index < -0.39 is 5.97 Å². The van der Waals surface area contributed by atoms with Crippen molar-refractivity contribution in [3.63, 3.8) is 0 Å². The number of hydrogen-bond acceptors (Lipinski definition) is 3. The number of carboxylic acid groups (broad SMARTS) is 1. The van der Waals surface area contributed by atoms with Gasteiger partial charge in [0.2, 0.25) is 0 Å². The lowest BCUT2D eigenvalue weighted by molar-refractivity contribution is 0.0693. The Bertz CT molecular complexity index is 638. The Morgan fingerprint density at radius 3 is 2.45 bits per heavy atom. The molecule has 106 valence electrons. The van der Waals surface area contributed by atoms with Gasteiger partial charge in [0.05, 0.1) is 21.8 Å². The molecular formula is C16H19NO2S. The Morgan fingerprint density at radius 2 is 1.95 bits per heavy atom. The Morgan fingerprint density at radius 1 is 1.25 bits per heavy atom. The number of thiophene rings is 1. The van der Waals surface area contributed by atoms with Gasteiger partial charge < -0.3 is 5.11 Å². The zero-order chi connectivity index (χ0) is 14.9. The van der Waals surface area contributed by atoms with Crippen molar-refractivity contribution in [3.05, 3.63) is 40.4 Å². The number of rotatable bonds is 3. The third-order valence-corrected chi connectivity index (χ3v) is 4.35. The summed E-state index contributed by atoms with van der Waals surface area (Å²) in [4.78, 5) is 18.3. The fourth-order valence-corrected chi connectivity index (χ4v) is 2.96. The standard InChI is InChI=1S/C16H19NO2S/c1-5-10-6-9-13(20-10)12-8-7-11(15(18)19)14(17-12)16(2,3)4/h6-9H,5H2,1-4H3,(H,18,19). The fraction of sp³-hybridized carbons (Fsp3) is 0.375. The second-order valence-electron chi connectivity index (χ2n) is 5.77. The van der Waals surface area contributed by atoms with Crippen LogP contribution in [0.25, 0.3) is 10.6 Å². The first-order chi connectivity index (χ1) is 9.32. The normalized spacial score (nSPS) is 11.6. The molecule has 0 aliphatic carbocycles. The number of nitrogens with zero attached hydrogens (tertiary/aromatic N) is 1. The van der Waals surface area contributed by atoms with Gasteiger partial charge in [-0.1, -0.05) is 27.7 Å². The number of aryl methyl sites for hydroxylation is 1. The fourth-order valence-electron chi connectivity index (χ4n) is 2.05. The summed E-state index contributed by atoms with van der Waals surface area (Å²) in [5, 5.41) is 9.30. The highest BCUT2D eigenvalue weighted by molar-refractivity contribution is 7.15. The van der Waals surface area contributed by atoms with E-state index in [-0.39, 0.29) is 11.0 Å². The average Bonchev–Trinajstić information content (AvgIpc) is 2.85. The summed E-state index contributed by atoms with van der Waals surface area (Å²) in [6.45, 7) is 8.07. The molecule has 2 heterocycles. The van der Waals surface area contributed by atoms with Crippen LogP contribution in [0.2, 0.25) is 0 Å². The van der Waals surface area contributed by atoms with Gasteiger partial charge in [0.15, 0.2) is 0 Å². The minimum Gasteiger partial charge on any atom is -0.478 e. The van der Waals surface area contributed by atoms with Crippen molar-refractivity contribution in [1.82, 2.24) is 4.98 Å². The Kier molecular flexibility index (Phi) is 3.95. The van der Waals surface area contributed by atoms with Crippen LogP contribution in [0.3, 0.4) is 0 Å². The summed E-state index contributed by atoms with van der Waals surface area (Å²) in [5.41, 5.74) is 1.47. The number of carbonyl (C=O) groups is 1. The summed E-state index contributed by atoms with van der Waals surface area (Å²) >= 11 is 1.71. The highest BCUT2D eigenvalue weighted by atomic mass is 32.1. The number of aromatic carboxylic acids is 1. The molecule has 0 radical (unpaired) electrons. The maximum atomic E-state index is 11.3. The third kappa shape index (κ3) is 2.90. The van der Waals surface area contributed by atoms with Crippen molar-refractivity contribution >= 4 is 17.3 Å². The van der Waals surface area contributed by atoms with Crippen LogP contribution < -0.4 is 0 Å². The summed E-state index contributed by atoms with van der Waals surface area (Å²) in [7, 11) is 0. The largest absolute Gasteiger partial charge is 0.478 e. The van der Waals surface area contributed by atoms with Crippen LogP contribution in [0.1, 0.15) is 48.6 Å². The van der Waals surface area contributed by atoms with Gasteiger partial charge in [-0.05, 0) is 30.7 Å². The van der Waals surface area contributed by atoms with Crippen LogP contribution in [-0.4, -0.2) is 16.1 Å². The van der Waals surface area contributed by atoms with Gasteiger partial charge >= 0.3 is 5.97 Å². The van der Waals surface area contributed by atoms with Crippen LogP contribution in [0.15, 0.2) is 24.3 Å². The van der Waals surface area contributed by atoms with Gasteiger partial charge in [0, 0.05) is 10.3 Å². The molecule has 0 aliphatic heterocycles. The first kappa shape index (κ1) is 14.7. The van der Waals surface area contributed by atoms with E-state index >= 15 is 0 Å². The molecule has 0 aromatic carbocycles. The second kappa shape index (κ2) is 5.37. The SMILES string of the molecule is CCc1ccc(-c2ccc(C(=O)O)c(C(C)(C)C)n2)s1. The molecule has 1 N–H and O–H groups in total. The maximum Gasteiger partial charge on any atom is 0.337 e. The van der Waals surface area contributed by atoms with Crippen LogP contribution in [0.4, 0.5) is 0 Å². The molecule has 0 saturated carbocycles. The van der Waals surface area contributed by atoms with Crippen LogP contribution in [0, 0.1) is 0 Å². The van der Waals surface area contributed by atoms with E-state index in [4.69, 9.17) is 0 Å². The maximum absolute atomic E-state index is 11.3. The molecule has 0 atom stereocenters. The first-order valence-corrected chi connectivity index (χ1v) is 7.48. The molecule has 2 aromatic rings. The Balaban J connectivity index is 2.54. The Labute approximate surface area is 123 Å². The molecule has 0 spiro atoms. The molecule has 4 heteroatoms. The Hall–Kier alpha value is -1.68. The van der Waals surface area contributed by atoms with E-state index in [1.54, 1.807) is 23.5 Å². The molecule has 0 unspecified atom stereocenters. The second-order valence-corrected chi connectivity index (χ2v) is 6.94. The molecule has 2 rings (SSSR count). The number of pyridine rings is 1. The van der Waals surface area contributed by atoms with Crippen molar-refractivity contribution in [2.45, 2.75) is 39.5 Å². The highest BCUT2D eigenvalue weighted by Crippen LogP contribution is 2.31. The molecule has 2 aromatic heterocycles. The molecule has 3 nitrogen and oxygen atoms in total. The lowest BCUT2D eigenvalue weighted by atomic mass is 9.88. The minimum atomic E-state index is -0.922. The van der Waals surface area contributed by atoms with Gasteiger partial charge in [0.1, 0.15) is 0 Å². The van der Waals surface area contributed by atoms with Crippen LogP contribution >= 0.6 is 11.3 Å². The molecule has 0 fully saturated rings. The van der Waals surface area contributed by atoms with Crippen LogP contribution in [0.5, 0.6) is 0 Å². The molecule has 0 amide bonds. The monoisotopic (exact) mass is 289 g/mol. The van der Waals surface area contributed by atoms with Crippen molar-refractivity contribution in [1.29, 1.82) is 0 Å². The predicted octanol–water partition coefficient (Wildman–Crippen LogP) is 4.37. The topological polar surface area (TPSA) is 50.2 Å². The lowest BCUT2D eigenvalue weighted by Gasteiger charge is -2.20. The van der Waals surface area contributed by atoms with E-state index in [0.29, 0.717) is 5.69 Å². The van der Waals surface area contributed by atoms with Gasteiger partial charge in [-0.25, -0.2) is 4.79 Å². The molecule has 0 aliphatic rings. The van der Waals surface area contributed by atoms with Crippen molar-refractivity contribution < 1.29 is 9.90 Å². The summed E-state index contributed by atoms with van der Waals surface area (Å²) in [5.74, 6) is -0.922. The first-order valence-electron chi connectivity index (χ1n) is 6.67. The zero-order valence-electron chi connectivity index (χ0n) is 12.2. The quantitative estimate of drug-likeness (QED) is 0.913. The molecule has 0 saturated heterocycles. The lowest BCUT2D eigenvalue weighted by Crippen LogP contribution is -2.19. The van der Waals surface area contributed by atoms with E-state index in [9.17, 15) is 9.90 Å². The van der Waals surface area contributed by atoms with Crippen molar-refractivity contribution in [2.75, 3.05) is 0 Å². The number of carboxylic acids is 1. The van der Waals surface area contributed by atoms with Gasteiger partial charge in [-0.3, -0.25) is 4.98 Å². The van der Waals surface area contributed by atoms with Gasteiger partial charge in [-0.15, -0.1) is 11.3 Å². The van der Waals surface area contributed by atoms with E-state index in [2.05, 4.69) is 24.0 Å². The van der Waals surface area contributed by atoms with Gasteiger partial charge in [0.25, 0.3) is 0 Å². The minimum absolute atomic E-state index is 0.286. The van der Waals surface area contributed by atoms with E-state index in [1.807, 2.05) is 20.8 Å². The molecule has 20 heavy (non-hydrogen) atoms. The smallest absolute Gasteiger partial charge is 0.337 e. The summed E-state index contributed by atoms with van der Waals surface area (Å²) in [6.07, 6.45) is 1.00. The van der Waals surface area contributed by atoms with E-state index in [1.165, 1.54) is 4.88 Å². The van der Waals surface area contributed by atoms with Crippen molar-refractivity contribution in [2.24, 2.45) is 0 Å². The average molecular weight is 289 g/mol. The van der Waals surface area contributed by atoms with Crippen molar-refractivity contribution in [3.8, 4) is 10.6 Å². The van der Waals surface area contributed by atoms with Crippen LogP contribution in [-0.2, 0) is 11.8 Å². The summed E-state index contributed by atoms with van der Waals surface area (Å²) in [6, 6.07) is 7.61. The molecular weight excluding hydrogens is 270 g/mol. The van der Waals surface area contributed by atoms with E-state index in [0.717, 1.165) is 17.0 Å². The third-order valence-electron chi connectivity index (χ3n) is 3.10. The zero-order valence-corrected chi connectivity index (χ0v) is 13.0. The summed E-state index contributed by atoms with van der Waals surface area (Å²) < 4.78 is 0. The van der Waals surface area contributed by atoms with Gasteiger partial charge in [-0.2, -0.15) is 0 Å². The predicted molar refractivity (Wildman–Crippen MR) is 82.6 cm³/mol.